The molecule has 8 heteroatoms. The van der Waals surface area contributed by atoms with E-state index >= 15 is 0 Å². The lowest BCUT2D eigenvalue weighted by atomic mass is 10.1. The Hall–Kier alpha value is -1.50. The van der Waals surface area contributed by atoms with E-state index in [1.807, 2.05) is 24.3 Å². The van der Waals surface area contributed by atoms with E-state index in [0.717, 1.165) is 10.0 Å². The second-order valence-corrected chi connectivity index (χ2v) is 5.39. The van der Waals surface area contributed by atoms with Crippen LogP contribution >= 0.6 is 39.1 Å². The van der Waals surface area contributed by atoms with E-state index in [1.54, 1.807) is 0 Å². The maximum atomic E-state index is 6.24. The van der Waals surface area contributed by atoms with Crippen molar-refractivity contribution in [1.29, 1.82) is 0 Å². The first-order chi connectivity index (χ1) is 9.66. The Morgan fingerprint density at radius 1 is 1.05 bits per heavy atom. The van der Waals surface area contributed by atoms with Gasteiger partial charge < -0.3 is 0 Å². The Kier molecular flexibility index (Phi) is 3.69. The van der Waals surface area contributed by atoms with Crippen molar-refractivity contribution in [3.05, 3.63) is 45.4 Å². The molecule has 0 fully saturated rings. The number of rotatable bonds is 2. The van der Waals surface area contributed by atoms with Crippen LogP contribution in [0.3, 0.4) is 0 Å². The summed E-state index contributed by atoms with van der Waals surface area (Å²) in [7, 11) is 0. The summed E-state index contributed by atoms with van der Waals surface area (Å²) in [6.45, 7) is 0. The lowest BCUT2D eigenvalue weighted by Gasteiger charge is -2.09. The van der Waals surface area contributed by atoms with E-state index in [0.29, 0.717) is 17.2 Å². The number of nitrogens with zero attached hydrogens (tertiary/aromatic N) is 4. The smallest absolute Gasteiger partial charge is 0.200 e. The molecule has 20 heavy (non-hydrogen) atoms. The highest BCUT2D eigenvalue weighted by Gasteiger charge is 2.17. The Labute approximate surface area is 132 Å². The summed E-state index contributed by atoms with van der Waals surface area (Å²) in [6, 6.07) is 7.57. The van der Waals surface area contributed by atoms with Crippen molar-refractivity contribution in [3.63, 3.8) is 0 Å². The number of aromatic nitrogens is 5. The zero-order valence-electron chi connectivity index (χ0n) is 9.81. The van der Waals surface area contributed by atoms with Gasteiger partial charge in [-0.05, 0) is 6.07 Å². The molecule has 0 unspecified atom stereocenters. The van der Waals surface area contributed by atoms with E-state index in [-0.39, 0.29) is 10.3 Å². The van der Waals surface area contributed by atoms with Gasteiger partial charge in [-0.2, -0.15) is 5.10 Å². The summed E-state index contributed by atoms with van der Waals surface area (Å²) in [5, 5.41) is 6.91. The quantitative estimate of drug-likeness (QED) is 0.692. The molecule has 1 aromatic carbocycles. The van der Waals surface area contributed by atoms with E-state index < -0.39 is 0 Å². The van der Waals surface area contributed by atoms with E-state index in [1.165, 1.54) is 6.33 Å². The number of benzene rings is 1. The van der Waals surface area contributed by atoms with Crippen LogP contribution in [0.5, 0.6) is 0 Å². The highest BCUT2D eigenvalue weighted by molar-refractivity contribution is 9.10. The van der Waals surface area contributed by atoms with Crippen molar-refractivity contribution in [2.24, 2.45) is 0 Å². The molecule has 0 bridgehead atoms. The lowest BCUT2D eigenvalue weighted by Crippen LogP contribution is -1.96. The minimum atomic E-state index is 0.253. The molecular weight excluding hydrogens is 365 g/mol. The van der Waals surface area contributed by atoms with Gasteiger partial charge in [-0.1, -0.05) is 57.3 Å². The van der Waals surface area contributed by atoms with E-state index in [9.17, 15) is 0 Å². The Morgan fingerprint density at radius 3 is 2.35 bits per heavy atom. The number of H-pyrrole nitrogens is 1. The molecule has 0 spiro atoms. The first-order valence-corrected chi connectivity index (χ1v) is 7.05. The van der Waals surface area contributed by atoms with Crippen LogP contribution in [-0.4, -0.2) is 25.1 Å². The van der Waals surface area contributed by atoms with Gasteiger partial charge in [0.25, 0.3) is 0 Å². The molecule has 0 aliphatic carbocycles. The first-order valence-electron chi connectivity index (χ1n) is 5.50. The zero-order chi connectivity index (χ0) is 14.1. The molecule has 1 N–H and O–H groups in total. The van der Waals surface area contributed by atoms with Crippen LogP contribution in [0, 0.1) is 0 Å². The lowest BCUT2D eigenvalue weighted by molar-refractivity contribution is 1.06. The summed E-state index contributed by atoms with van der Waals surface area (Å²) < 4.78 is 0.861. The summed E-state index contributed by atoms with van der Waals surface area (Å²) in [6.07, 6.45) is 1.36. The number of hydrogen-bond acceptors (Lipinski definition) is 4. The number of hydrogen-bond donors (Lipinski definition) is 1. The van der Waals surface area contributed by atoms with Crippen molar-refractivity contribution in [3.8, 4) is 22.8 Å². The third-order valence-corrected chi connectivity index (χ3v) is 3.83. The van der Waals surface area contributed by atoms with Gasteiger partial charge in [-0.3, -0.25) is 5.10 Å². The van der Waals surface area contributed by atoms with Crippen molar-refractivity contribution in [1.82, 2.24) is 25.1 Å². The minimum Gasteiger partial charge on any atom is -0.257 e. The maximum Gasteiger partial charge on any atom is 0.200 e. The highest BCUT2D eigenvalue weighted by Crippen LogP contribution is 2.37. The van der Waals surface area contributed by atoms with Gasteiger partial charge in [0.15, 0.2) is 11.6 Å². The van der Waals surface area contributed by atoms with Gasteiger partial charge in [0.1, 0.15) is 16.6 Å². The topological polar surface area (TPSA) is 67.3 Å². The molecule has 0 amide bonds. The molecule has 2 heterocycles. The van der Waals surface area contributed by atoms with Gasteiger partial charge in [0.05, 0.1) is 5.56 Å². The fraction of sp³-hybridized carbons (Fsp3) is 0. The predicted octanol–water partition coefficient (Wildman–Crippen LogP) is 4.00. The van der Waals surface area contributed by atoms with Crippen LogP contribution in [0.1, 0.15) is 0 Å². The fourth-order valence-electron chi connectivity index (χ4n) is 1.71. The van der Waals surface area contributed by atoms with Crippen LogP contribution in [0.4, 0.5) is 0 Å². The Bertz CT molecular complexity index is 737. The third-order valence-electron chi connectivity index (χ3n) is 2.59. The number of halogens is 3. The summed E-state index contributed by atoms with van der Waals surface area (Å²) in [5.41, 5.74) is 1.40. The monoisotopic (exact) mass is 369 g/mol. The average Bonchev–Trinajstić information content (AvgIpc) is 2.94. The van der Waals surface area contributed by atoms with Crippen LogP contribution in [0.2, 0.25) is 10.3 Å². The Morgan fingerprint density at radius 2 is 1.75 bits per heavy atom. The number of nitrogens with one attached hydrogen (secondary N) is 1. The molecule has 5 nitrogen and oxygen atoms in total. The largest absolute Gasteiger partial charge is 0.257 e. The van der Waals surface area contributed by atoms with Gasteiger partial charge in [-0.15, -0.1) is 0 Å². The molecule has 0 aliphatic heterocycles. The van der Waals surface area contributed by atoms with Crippen molar-refractivity contribution in [2.45, 2.75) is 0 Å². The molecule has 3 aromatic rings. The molecule has 0 atom stereocenters. The molecule has 0 radical (unpaired) electrons. The zero-order valence-corrected chi connectivity index (χ0v) is 12.9. The number of aromatic amines is 1. The fourth-order valence-corrected chi connectivity index (χ4v) is 2.79. The molecule has 2 aromatic heterocycles. The highest BCUT2D eigenvalue weighted by atomic mass is 79.9. The summed E-state index contributed by atoms with van der Waals surface area (Å²) >= 11 is 15.9. The van der Waals surface area contributed by atoms with E-state index in [4.69, 9.17) is 23.2 Å². The second kappa shape index (κ2) is 5.47. The van der Waals surface area contributed by atoms with Crippen molar-refractivity contribution in [2.75, 3.05) is 0 Å². The van der Waals surface area contributed by atoms with Crippen LogP contribution < -0.4 is 0 Å². The predicted molar refractivity (Wildman–Crippen MR) is 80.6 cm³/mol. The normalized spacial score (nSPS) is 10.8. The molecule has 3 rings (SSSR count). The SMILES string of the molecule is Clc1nc(-c2ncn[nH]2)nc(Cl)c1-c1ccccc1Br. The average molecular weight is 371 g/mol. The minimum absolute atomic E-state index is 0.253. The summed E-state index contributed by atoms with van der Waals surface area (Å²) in [4.78, 5) is 12.4. The summed E-state index contributed by atoms with van der Waals surface area (Å²) in [5.74, 6) is 0.709. The van der Waals surface area contributed by atoms with E-state index in [2.05, 4.69) is 41.1 Å². The van der Waals surface area contributed by atoms with Crippen LogP contribution in [-0.2, 0) is 0 Å². The van der Waals surface area contributed by atoms with Crippen LogP contribution in [0.25, 0.3) is 22.8 Å². The standard InChI is InChI=1S/C12H6BrCl2N5/c13-7-4-2-1-3-6(7)8-9(14)18-12(19-10(8)15)11-16-5-17-20-11/h1-5H,(H,16,17,20). The molecule has 100 valence electrons. The van der Waals surface area contributed by atoms with Crippen molar-refractivity contribution >= 4 is 39.1 Å². The molecule has 0 aliphatic rings. The Balaban J connectivity index is 2.17. The van der Waals surface area contributed by atoms with Crippen molar-refractivity contribution < 1.29 is 0 Å². The second-order valence-electron chi connectivity index (χ2n) is 3.82. The third kappa shape index (κ3) is 2.42. The maximum absolute atomic E-state index is 6.24. The van der Waals surface area contributed by atoms with Gasteiger partial charge in [0.2, 0.25) is 0 Å². The molecule has 0 saturated heterocycles. The van der Waals surface area contributed by atoms with Gasteiger partial charge in [-0.25, -0.2) is 15.0 Å². The molecule has 0 saturated carbocycles. The van der Waals surface area contributed by atoms with Gasteiger partial charge >= 0.3 is 0 Å². The first kappa shape index (κ1) is 13.5. The van der Waals surface area contributed by atoms with Crippen LogP contribution in [0.15, 0.2) is 35.1 Å². The van der Waals surface area contributed by atoms with Gasteiger partial charge in [0, 0.05) is 10.0 Å². The molecular formula is C12H6BrCl2N5.